The van der Waals surface area contributed by atoms with E-state index < -0.39 is 29.3 Å². The second kappa shape index (κ2) is 6.11. The van der Waals surface area contributed by atoms with E-state index in [-0.39, 0.29) is 9.97 Å². The van der Waals surface area contributed by atoms with Gasteiger partial charge in [-0.25, -0.2) is 8.42 Å². The Morgan fingerprint density at radius 3 is 2.48 bits per heavy atom. The van der Waals surface area contributed by atoms with E-state index in [0.717, 1.165) is 11.3 Å². The number of sulfonamides is 1. The molecule has 0 aliphatic carbocycles. The average Bonchev–Trinajstić information content (AvgIpc) is 2.98. The molecule has 0 aromatic carbocycles. The van der Waals surface area contributed by atoms with Crippen LogP contribution in [0, 0.1) is 0 Å². The summed E-state index contributed by atoms with van der Waals surface area (Å²) in [6.45, 7) is -2.06. The van der Waals surface area contributed by atoms with E-state index in [1.165, 1.54) is 30.5 Å². The monoisotopic (exact) mass is 403 g/mol. The Balaban J connectivity index is 2.34. The van der Waals surface area contributed by atoms with Crippen molar-refractivity contribution in [1.29, 1.82) is 0 Å². The molecule has 0 unspecified atom stereocenters. The number of hydrogen-bond acceptors (Lipinski definition) is 4. The predicted molar refractivity (Wildman–Crippen MR) is 74.4 cm³/mol. The maximum Gasteiger partial charge on any atom is 0.402 e. The zero-order valence-electron chi connectivity index (χ0n) is 10.3. The van der Waals surface area contributed by atoms with E-state index in [9.17, 15) is 21.6 Å². The smallest absolute Gasteiger partial charge is 0.402 e. The third-order valence-electron chi connectivity index (χ3n) is 2.41. The molecule has 116 valence electrons. The molecular formula is C11H9BrF3NO3S2. The fourth-order valence-electron chi connectivity index (χ4n) is 1.57. The first-order chi connectivity index (χ1) is 9.68. The molecule has 0 spiro atoms. The number of thiophene rings is 1. The van der Waals surface area contributed by atoms with Crippen LogP contribution in [0.25, 0.3) is 0 Å². The lowest BCUT2D eigenvalue weighted by atomic mass is 10.4. The highest BCUT2D eigenvalue weighted by Gasteiger charge is 2.38. The summed E-state index contributed by atoms with van der Waals surface area (Å²) in [6, 6.07) is 5.63. The molecule has 0 fully saturated rings. The summed E-state index contributed by atoms with van der Waals surface area (Å²) in [5.41, 5.74) is 0. The summed E-state index contributed by atoms with van der Waals surface area (Å²) in [7, 11) is -4.25. The third-order valence-corrected chi connectivity index (χ3v) is 6.29. The molecule has 0 aliphatic heterocycles. The van der Waals surface area contributed by atoms with Crippen molar-refractivity contribution in [3.8, 4) is 0 Å². The highest BCUT2D eigenvalue weighted by Crippen LogP contribution is 2.31. The largest absolute Gasteiger partial charge is 0.468 e. The molecule has 4 nitrogen and oxygen atoms in total. The zero-order valence-corrected chi connectivity index (χ0v) is 13.5. The number of nitrogens with zero attached hydrogens (tertiary/aromatic N) is 1. The Bertz CT molecular complexity index is 695. The maximum absolute atomic E-state index is 12.6. The molecule has 10 heteroatoms. The topological polar surface area (TPSA) is 50.5 Å². The number of hydrogen-bond donors (Lipinski definition) is 0. The van der Waals surface area contributed by atoms with Crippen molar-refractivity contribution in [2.75, 3.05) is 6.54 Å². The van der Waals surface area contributed by atoms with Gasteiger partial charge in [-0.05, 0) is 40.2 Å². The van der Waals surface area contributed by atoms with Gasteiger partial charge in [-0.2, -0.15) is 17.5 Å². The van der Waals surface area contributed by atoms with Crippen LogP contribution >= 0.6 is 27.3 Å². The van der Waals surface area contributed by atoms with Gasteiger partial charge in [-0.3, -0.25) is 0 Å². The van der Waals surface area contributed by atoms with Crippen LogP contribution in [0.5, 0.6) is 0 Å². The lowest BCUT2D eigenvalue weighted by Gasteiger charge is -2.21. The van der Waals surface area contributed by atoms with E-state index in [1.807, 2.05) is 0 Å². The van der Waals surface area contributed by atoms with Gasteiger partial charge in [0, 0.05) is 0 Å². The average molecular weight is 404 g/mol. The molecule has 0 N–H and O–H groups in total. The molecule has 2 aromatic rings. The van der Waals surface area contributed by atoms with Crippen LogP contribution in [-0.2, 0) is 16.6 Å². The molecule has 2 rings (SSSR count). The first-order valence-electron chi connectivity index (χ1n) is 5.53. The highest BCUT2D eigenvalue weighted by atomic mass is 79.9. The Labute approximate surface area is 131 Å². The zero-order chi connectivity index (χ0) is 15.7. The van der Waals surface area contributed by atoms with Crippen molar-refractivity contribution < 1.29 is 26.0 Å². The van der Waals surface area contributed by atoms with Crippen molar-refractivity contribution in [3.05, 3.63) is 40.1 Å². The molecule has 0 amide bonds. The molecule has 0 bridgehead atoms. The summed E-state index contributed by atoms with van der Waals surface area (Å²) in [5.74, 6) is 0.137. The number of halogens is 4. The Kier molecular flexibility index (Phi) is 4.81. The fourth-order valence-corrected chi connectivity index (χ4v) is 5.12. The standard InChI is InChI=1S/C11H9BrF3NO3S2/c12-9-3-4-10(20-9)21(17,18)16(7-11(13,14)15)6-8-2-1-5-19-8/h1-5H,6-7H2. The summed E-state index contributed by atoms with van der Waals surface area (Å²) in [4.78, 5) is 0. The van der Waals surface area contributed by atoms with Crippen LogP contribution in [0.1, 0.15) is 5.76 Å². The predicted octanol–water partition coefficient (Wildman–Crippen LogP) is 3.86. The highest BCUT2D eigenvalue weighted by molar-refractivity contribution is 9.11. The second-order valence-corrected chi connectivity index (χ2v) is 8.65. The molecule has 0 aliphatic rings. The fraction of sp³-hybridized carbons (Fsp3) is 0.273. The molecule has 0 saturated heterocycles. The minimum atomic E-state index is -4.64. The molecule has 0 radical (unpaired) electrons. The summed E-state index contributed by atoms with van der Waals surface area (Å²) >= 11 is 3.94. The SMILES string of the molecule is O=S(=O)(c1ccc(Br)s1)N(Cc1ccco1)CC(F)(F)F. The summed E-state index contributed by atoms with van der Waals surface area (Å²) < 4.78 is 68.2. The Morgan fingerprint density at radius 1 is 1.29 bits per heavy atom. The normalized spacial score (nSPS) is 13.0. The van der Waals surface area contributed by atoms with Crippen molar-refractivity contribution in [2.24, 2.45) is 0 Å². The van der Waals surface area contributed by atoms with Gasteiger partial charge < -0.3 is 4.42 Å². The van der Waals surface area contributed by atoms with Gasteiger partial charge in [0.05, 0.1) is 16.6 Å². The Hall–Kier alpha value is -0.840. The van der Waals surface area contributed by atoms with Crippen LogP contribution < -0.4 is 0 Å². The van der Waals surface area contributed by atoms with Gasteiger partial charge in [-0.15, -0.1) is 11.3 Å². The lowest BCUT2D eigenvalue weighted by molar-refractivity contribution is -0.137. The Morgan fingerprint density at radius 2 is 2.00 bits per heavy atom. The van der Waals surface area contributed by atoms with Crippen LogP contribution in [0.15, 0.2) is 42.9 Å². The van der Waals surface area contributed by atoms with Crippen molar-refractivity contribution in [3.63, 3.8) is 0 Å². The molecular weight excluding hydrogens is 395 g/mol. The first kappa shape index (κ1) is 16.5. The van der Waals surface area contributed by atoms with Gasteiger partial charge in [0.15, 0.2) is 0 Å². The van der Waals surface area contributed by atoms with E-state index in [1.54, 1.807) is 0 Å². The van der Waals surface area contributed by atoms with Crippen molar-refractivity contribution >= 4 is 37.3 Å². The molecule has 21 heavy (non-hydrogen) atoms. The first-order valence-corrected chi connectivity index (χ1v) is 8.58. The molecule has 2 aromatic heterocycles. The van der Waals surface area contributed by atoms with Gasteiger partial charge in [0.1, 0.15) is 16.5 Å². The van der Waals surface area contributed by atoms with Crippen LogP contribution in [-0.4, -0.2) is 25.4 Å². The summed E-state index contributed by atoms with van der Waals surface area (Å²) in [5, 5.41) is 0. The van der Waals surface area contributed by atoms with E-state index in [4.69, 9.17) is 4.42 Å². The van der Waals surface area contributed by atoms with Gasteiger partial charge in [-0.1, -0.05) is 0 Å². The van der Waals surface area contributed by atoms with Crippen LogP contribution in [0.3, 0.4) is 0 Å². The van der Waals surface area contributed by atoms with Gasteiger partial charge >= 0.3 is 6.18 Å². The minimum absolute atomic E-state index is 0.137. The quantitative estimate of drug-likeness (QED) is 0.761. The summed E-state index contributed by atoms with van der Waals surface area (Å²) in [6.07, 6.45) is -3.37. The van der Waals surface area contributed by atoms with Crippen LogP contribution in [0.4, 0.5) is 13.2 Å². The minimum Gasteiger partial charge on any atom is -0.468 e. The van der Waals surface area contributed by atoms with E-state index >= 15 is 0 Å². The number of rotatable bonds is 5. The molecule has 2 heterocycles. The second-order valence-electron chi connectivity index (χ2n) is 4.03. The van der Waals surface area contributed by atoms with Gasteiger partial charge in [0.25, 0.3) is 10.0 Å². The number of furan rings is 1. The molecule has 0 atom stereocenters. The third kappa shape index (κ3) is 4.31. The number of alkyl halides is 3. The van der Waals surface area contributed by atoms with E-state index in [0.29, 0.717) is 8.09 Å². The van der Waals surface area contributed by atoms with E-state index in [2.05, 4.69) is 15.9 Å². The van der Waals surface area contributed by atoms with Gasteiger partial charge in [0.2, 0.25) is 0 Å². The maximum atomic E-state index is 12.6. The van der Waals surface area contributed by atoms with Crippen molar-refractivity contribution in [2.45, 2.75) is 16.9 Å². The van der Waals surface area contributed by atoms with Crippen LogP contribution in [0.2, 0.25) is 0 Å². The van der Waals surface area contributed by atoms with Crippen molar-refractivity contribution in [1.82, 2.24) is 4.31 Å². The molecule has 0 saturated carbocycles. The lowest BCUT2D eigenvalue weighted by Crippen LogP contribution is -2.38.